The Morgan fingerprint density at radius 2 is 1.68 bits per heavy atom. The number of halogens is 2. The van der Waals surface area contributed by atoms with Crippen LogP contribution in [0.25, 0.3) is 5.69 Å². The predicted molar refractivity (Wildman–Crippen MR) is 151 cm³/mol. The predicted octanol–water partition coefficient (Wildman–Crippen LogP) is 3.43. The molecule has 1 aromatic heterocycles. The van der Waals surface area contributed by atoms with E-state index in [1.54, 1.807) is 17.8 Å². The number of methoxy groups -OCH3 is 1. The number of aliphatic hydroxyl groups excluding tert-OH is 2. The molecule has 2 aromatic carbocycles. The molecule has 3 rings (SSSR count). The van der Waals surface area contributed by atoms with Gasteiger partial charge in [0.05, 0.1) is 31.4 Å². The van der Waals surface area contributed by atoms with Crippen LogP contribution in [0.3, 0.4) is 0 Å². The van der Waals surface area contributed by atoms with Crippen molar-refractivity contribution in [1.29, 1.82) is 0 Å². The summed E-state index contributed by atoms with van der Waals surface area (Å²) in [6.45, 7) is 3.93. The van der Waals surface area contributed by atoms with Gasteiger partial charge in [-0.1, -0.05) is 19.9 Å². The Balaban J connectivity index is 0.00000588. The van der Waals surface area contributed by atoms with E-state index in [1.165, 1.54) is 48.4 Å². The van der Waals surface area contributed by atoms with Gasteiger partial charge in [0.15, 0.2) is 5.69 Å². The summed E-state index contributed by atoms with van der Waals surface area (Å²) in [7, 11) is 3.02. The minimum absolute atomic E-state index is 0. The molecular weight excluding hydrogens is 547 g/mol. The number of carboxylic acids is 1. The molecule has 0 radical (unpaired) electrons. The van der Waals surface area contributed by atoms with Gasteiger partial charge in [-0.3, -0.25) is 9.59 Å². The average molecular weight is 584 g/mol. The quantitative estimate of drug-likeness (QED) is 0.264. The number of aromatic nitrogens is 2. The van der Waals surface area contributed by atoms with E-state index in [9.17, 15) is 28.6 Å². The molecule has 1 amide bonds. The second-order valence-electron chi connectivity index (χ2n) is 10.0. The third-order valence-electron chi connectivity index (χ3n) is 6.54. The number of carbonyl (C=O) groups is 2. The van der Waals surface area contributed by atoms with Crippen LogP contribution in [0, 0.1) is 11.6 Å². The van der Waals surface area contributed by atoms with Crippen molar-refractivity contribution in [3.63, 3.8) is 0 Å². The number of hydrogen-bond donors (Lipinski definition) is 3. The number of amides is 1. The van der Waals surface area contributed by atoms with E-state index in [0.29, 0.717) is 28.3 Å². The molecule has 3 N–H and O–H groups in total. The fraction of sp³-hybridized carbons (Fsp3) is 0.414. The third kappa shape index (κ3) is 9.08. The summed E-state index contributed by atoms with van der Waals surface area (Å²) < 4.78 is 34.2. The zero-order chi connectivity index (χ0) is 29.6. The van der Waals surface area contributed by atoms with Crippen LogP contribution in [-0.4, -0.2) is 97.8 Å². The average Bonchev–Trinajstić information content (AvgIpc) is 3.27. The first kappa shape index (κ1) is 34.4. The monoisotopic (exact) mass is 583 g/mol. The van der Waals surface area contributed by atoms with Gasteiger partial charge in [0.25, 0.3) is 5.91 Å². The molecule has 0 aliphatic heterocycles. The number of nitrogens with zero attached hydrogens (tertiary/aromatic N) is 3. The second kappa shape index (κ2) is 15.4. The molecule has 218 valence electrons. The number of carboxylic acid groups (broad SMARTS) is 1. The van der Waals surface area contributed by atoms with E-state index in [1.807, 2.05) is 13.8 Å². The number of rotatable bonds is 13. The van der Waals surface area contributed by atoms with Crippen LogP contribution in [0.15, 0.2) is 42.5 Å². The van der Waals surface area contributed by atoms with Gasteiger partial charge in [-0.05, 0) is 55.5 Å². The standard InChI is InChI=1S/C29H35F2N3O6.Na.H/c1-17(2)27-24(12-11-22(35)14-23(36)15-26(37)38)34(21-9-7-19(30)8-10-21)32-28(27)29(39)33(3)16-18-5-6-20(31)13-25(18)40-4;;/h5-10,13,17,22-23,35-36H,11-12,14-16H2,1-4H3,(H,37,38);;. The molecule has 0 fully saturated rings. The third-order valence-corrected chi connectivity index (χ3v) is 6.54. The van der Waals surface area contributed by atoms with Crippen LogP contribution in [-0.2, 0) is 17.8 Å². The number of benzene rings is 2. The summed E-state index contributed by atoms with van der Waals surface area (Å²) in [5.41, 5.74) is 2.57. The number of carbonyl (C=O) groups excluding carboxylic acids is 1. The van der Waals surface area contributed by atoms with Crippen LogP contribution >= 0.6 is 0 Å². The number of hydrogen-bond acceptors (Lipinski definition) is 6. The van der Waals surface area contributed by atoms with Crippen LogP contribution in [0.5, 0.6) is 5.75 Å². The van der Waals surface area contributed by atoms with Gasteiger partial charge in [-0.25, -0.2) is 13.5 Å². The van der Waals surface area contributed by atoms with Crippen LogP contribution in [0.4, 0.5) is 8.78 Å². The van der Waals surface area contributed by atoms with Crippen molar-refractivity contribution in [2.24, 2.45) is 0 Å². The Morgan fingerprint density at radius 1 is 1.05 bits per heavy atom. The first-order valence-corrected chi connectivity index (χ1v) is 12.9. The molecule has 9 nitrogen and oxygen atoms in total. The molecule has 12 heteroatoms. The number of ether oxygens (including phenoxy) is 1. The zero-order valence-corrected chi connectivity index (χ0v) is 23.0. The maximum atomic E-state index is 13.7. The molecule has 0 saturated heterocycles. The van der Waals surface area contributed by atoms with E-state index in [2.05, 4.69) is 5.10 Å². The summed E-state index contributed by atoms with van der Waals surface area (Å²) in [6.07, 6.45) is -2.39. The summed E-state index contributed by atoms with van der Waals surface area (Å²) >= 11 is 0. The Kier molecular flexibility index (Phi) is 12.9. The first-order chi connectivity index (χ1) is 18.9. The topological polar surface area (TPSA) is 125 Å². The van der Waals surface area contributed by atoms with E-state index in [0.717, 1.165) is 0 Å². The van der Waals surface area contributed by atoms with Gasteiger partial charge >= 0.3 is 35.5 Å². The first-order valence-electron chi connectivity index (χ1n) is 12.9. The van der Waals surface area contributed by atoms with Gasteiger partial charge < -0.3 is 25.0 Å². The Morgan fingerprint density at radius 3 is 2.27 bits per heavy atom. The van der Waals surface area contributed by atoms with E-state index < -0.39 is 42.1 Å². The molecule has 0 aliphatic rings. The number of aliphatic hydroxyl groups is 2. The normalized spacial score (nSPS) is 12.5. The van der Waals surface area contributed by atoms with Gasteiger partial charge in [0.1, 0.15) is 17.4 Å². The zero-order valence-electron chi connectivity index (χ0n) is 23.0. The molecule has 1 heterocycles. The fourth-order valence-corrected chi connectivity index (χ4v) is 4.64. The fourth-order valence-electron chi connectivity index (χ4n) is 4.64. The van der Waals surface area contributed by atoms with Crippen molar-refractivity contribution >= 4 is 41.4 Å². The van der Waals surface area contributed by atoms with Gasteiger partial charge in [0.2, 0.25) is 0 Å². The van der Waals surface area contributed by atoms with Crippen molar-refractivity contribution in [2.45, 2.75) is 64.2 Å². The van der Waals surface area contributed by atoms with Gasteiger partial charge in [0, 0.05) is 36.5 Å². The Hall–Kier alpha value is -2.83. The van der Waals surface area contributed by atoms with Crippen molar-refractivity contribution in [3.8, 4) is 11.4 Å². The molecule has 0 bridgehead atoms. The molecule has 0 spiro atoms. The van der Waals surface area contributed by atoms with E-state index in [-0.39, 0.29) is 67.0 Å². The summed E-state index contributed by atoms with van der Waals surface area (Å²) in [5.74, 6) is -2.31. The molecule has 0 saturated carbocycles. The van der Waals surface area contributed by atoms with Crippen molar-refractivity contribution in [3.05, 3.63) is 76.6 Å². The summed E-state index contributed by atoms with van der Waals surface area (Å²) in [4.78, 5) is 26.0. The maximum absolute atomic E-state index is 13.7. The second-order valence-corrected chi connectivity index (χ2v) is 10.0. The van der Waals surface area contributed by atoms with Crippen LogP contribution in [0.1, 0.15) is 66.3 Å². The molecule has 0 aliphatic carbocycles. The van der Waals surface area contributed by atoms with Crippen LogP contribution < -0.4 is 4.74 Å². The van der Waals surface area contributed by atoms with Crippen LogP contribution in [0.2, 0.25) is 0 Å². The van der Waals surface area contributed by atoms with Crippen molar-refractivity contribution in [1.82, 2.24) is 14.7 Å². The molecule has 2 atom stereocenters. The van der Waals surface area contributed by atoms with E-state index in [4.69, 9.17) is 9.84 Å². The SMILES string of the molecule is COc1cc(F)ccc1CN(C)C(=O)c1nn(-c2ccc(F)cc2)c(CCC(O)CC(O)CC(=O)O)c1C(C)C.[NaH]. The van der Waals surface area contributed by atoms with Gasteiger partial charge in [-0.2, -0.15) is 5.10 Å². The minimum atomic E-state index is -1.20. The Bertz CT molecular complexity index is 1330. The van der Waals surface area contributed by atoms with E-state index >= 15 is 0 Å². The molecule has 2 unspecified atom stereocenters. The molecule has 41 heavy (non-hydrogen) atoms. The van der Waals surface area contributed by atoms with Crippen molar-refractivity contribution < 1.29 is 38.4 Å². The molecule has 3 aromatic rings. The summed E-state index contributed by atoms with van der Waals surface area (Å²) in [6, 6.07) is 9.70. The van der Waals surface area contributed by atoms with Gasteiger partial charge in [-0.15, -0.1) is 0 Å². The Labute approximate surface area is 260 Å². The van der Waals surface area contributed by atoms with Crippen molar-refractivity contribution in [2.75, 3.05) is 14.2 Å². The number of aliphatic carboxylic acids is 1. The molecular formula is C29H36F2N3NaO6. The summed E-state index contributed by atoms with van der Waals surface area (Å²) in [5, 5.41) is 33.9.